The molecule has 2 aromatic carbocycles. The van der Waals surface area contributed by atoms with Crippen molar-refractivity contribution >= 4 is 41.5 Å². The minimum atomic E-state index is -0.0269. The highest BCUT2D eigenvalue weighted by atomic mass is 127. The summed E-state index contributed by atoms with van der Waals surface area (Å²) in [5.41, 5.74) is 2.24. The van der Waals surface area contributed by atoms with E-state index in [0.717, 1.165) is 22.1 Å². The minimum absolute atomic E-state index is 0. The average Bonchev–Trinajstić information content (AvgIpc) is 2.59. The molecular formula is C18H23ClIN3O. The number of hydrogen-bond donors (Lipinski definition) is 2. The maximum Gasteiger partial charge on any atom is 0.191 e. The number of ether oxygens (including phenoxy) is 1. The fourth-order valence-electron chi connectivity index (χ4n) is 2.25. The SMILES string of the molecule is CN=C(NCc1cccc(Cl)c1)NCC(OC)c1ccccc1.I. The molecule has 1 unspecified atom stereocenters. The van der Waals surface area contributed by atoms with Crippen LogP contribution in [0.15, 0.2) is 59.6 Å². The van der Waals surface area contributed by atoms with E-state index in [0.29, 0.717) is 13.1 Å². The van der Waals surface area contributed by atoms with E-state index in [4.69, 9.17) is 16.3 Å². The van der Waals surface area contributed by atoms with Crippen molar-refractivity contribution in [2.45, 2.75) is 12.6 Å². The summed E-state index contributed by atoms with van der Waals surface area (Å²) in [5, 5.41) is 7.29. The van der Waals surface area contributed by atoms with Crippen LogP contribution in [-0.2, 0) is 11.3 Å². The molecular weight excluding hydrogens is 437 g/mol. The van der Waals surface area contributed by atoms with Crippen molar-refractivity contribution in [1.82, 2.24) is 10.6 Å². The summed E-state index contributed by atoms with van der Waals surface area (Å²) in [7, 11) is 3.46. The highest BCUT2D eigenvalue weighted by Gasteiger charge is 2.10. The molecule has 24 heavy (non-hydrogen) atoms. The normalized spacial score (nSPS) is 12.2. The van der Waals surface area contributed by atoms with Crippen LogP contribution in [0.25, 0.3) is 0 Å². The number of hydrogen-bond acceptors (Lipinski definition) is 2. The average molecular weight is 460 g/mol. The second-order valence-corrected chi connectivity index (χ2v) is 5.51. The Morgan fingerprint density at radius 2 is 1.88 bits per heavy atom. The third-order valence-electron chi connectivity index (χ3n) is 3.48. The number of methoxy groups -OCH3 is 1. The Morgan fingerprint density at radius 1 is 1.12 bits per heavy atom. The van der Waals surface area contributed by atoms with Crippen molar-refractivity contribution in [2.75, 3.05) is 20.7 Å². The first-order chi connectivity index (χ1) is 11.2. The molecule has 4 nitrogen and oxygen atoms in total. The number of aliphatic imine (C=N–C) groups is 1. The monoisotopic (exact) mass is 459 g/mol. The van der Waals surface area contributed by atoms with Crippen LogP contribution in [0.2, 0.25) is 5.02 Å². The smallest absolute Gasteiger partial charge is 0.191 e. The molecule has 0 spiro atoms. The molecule has 0 bridgehead atoms. The van der Waals surface area contributed by atoms with Crippen molar-refractivity contribution in [1.29, 1.82) is 0 Å². The Labute approximate surface area is 165 Å². The first-order valence-corrected chi connectivity index (χ1v) is 7.87. The first-order valence-electron chi connectivity index (χ1n) is 7.49. The van der Waals surface area contributed by atoms with Gasteiger partial charge in [0.05, 0.1) is 6.10 Å². The van der Waals surface area contributed by atoms with Crippen LogP contribution in [0.3, 0.4) is 0 Å². The number of halogens is 2. The van der Waals surface area contributed by atoms with Gasteiger partial charge in [0.15, 0.2) is 5.96 Å². The zero-order valence-corrected chi connectivity index (χ0v) is 16.9. The zero-order valence-electron chi connectivity index (χ0n) is 13.8. The third kappa shape index (κ3) is 6.67. The first kappa shape index (κ1) is 20.7. The van der Waals surface area contributed by atoms with Crippen LogP contribution in [0.1, 0.15) is 17.2 Å². The molecule has 0 aliphatic carbocycles. The van der Waals surface area contributed by atoms with Gasteiger partial charge in [-0.15, -0.1) is 24.0 Å². The molecule has 1 atom stereocenters. The maximum atomic E-state index is 5.99. The lowest BCUT2D eigenvalue weighted by atomic mass is 10.1. The van der Waals surface area contributed by atoms with E-state index in [1.54, 1.807) is 14.2 Å². The second kappa shape index (κ2) is 11.3. The van der Waals surface area contributed by atoms with Gasteiger partial charge < -0.3 is 15.4 Å². The Hall–Kier alpha value is -1.31. The minimum Gasteiger partial charge on any atom is -0.375 e. The Balaban J connectivity index is 0.00000288. The molecule has 0 fully saturated rings. The van der Waals surface area contributed by atoms with Crippen molar-refractivity contribution in [2.24, 2.45) is 4.99 Å². The molecule has 0 aromatic heterocycles. The Morgan fingerprint density at radius 3 is 2.50 bits per heavy atom. The molecule has 0 saturated heterocycles. The van der Waals surface area contributed by atoms with E-state index in [1.165, 1.54) is 0 Å². The lowest BCUT2D eigenvalue weighted by molar-refractivity contribution is 0.106. The number of guanidine groups is 1. The van der Waals surface area contributed by atoms with Gasteiger partial charge in [-0.05, 0) is 23.3 Å². The summed E-state index contributed by atoms with van der Waals surface area (Å²) >= 11 is 5.99. The van der Waals surface area contributed by atoms with Crippen LogP contribution in [0, 0.1) is 0 Å². The van der Waals surface area contributed by atoms with Gasteiger partial charge in [-0.25, -0.2) is 0 Å². The Bertz CT molecular complexity index is 637. The lowest BCUT2D eigenvalue weighted by Gasteiger charge is -2.18. The topological polar surface area (TPSA) is 45.7 Å². The molecule has 0 heterocycles. The number of nitrogens with one attached hydrogen (secondary N) is 2. The van der Waals surface area contributed by atoms with Crippen molar-refractivity contribution < 1.29 is 4.74 Å². The number of nitrogens with zero attached hydrogens (tertiary/aromatic N) is 1. The summed E-state index contributed by atoms with van der Waals surface area (Å²) in [6.07, 6.45) is -0.0269. The standard InChI is InChI=1S/C18H22ClN3O.HI/c1-20-18(21-12-14-7-6-10-16(19)11-14)22-13-17(23-2)15-8-4-3-5-9-15;/h3-11,17H,12-13H2,1-2H3,(H2,20,21,22);1H. The molecule has 0 radical (unpaired) electrons. The van der Waals surface area contributed by atoms with E-state index in [-0.39, 0.29) is 30.1 Å². The van der Waals surface area contributed by atoms with E-state index in [9.17, 15) is 0 Å². The zero-order chi connectivity index (χ0) is 16.5. The summed E-state index contributed by atoms with van der Waals surface area (Å²) in [4.78, 5) is 4.23. The number of benzene rings is 2. The number of rotatable bonds is 6. The molecule has 0 amide bonds. The predicted molar refractivity (Wildman–Crippen MR) is 111 cm³/mol. The van der Waals surface area contributed by atoms with Gasteiger partial charge in [0.1, 0.15) is 0 Å². The molecule has 2 aromatic rings. The van der Waals surface area contributed by atoms with Gasteiger partial charge in [-0.2, -0.15) is 0 Å². The maximum absolute atomic E-state index is 5.99. The highest BCUT2D eigenvalue weighted by Crippen LogP contribution is 2.14. The summed E-state index contributed by atoms with van der Waals surface area (Å²) in [5.74, 6) is 0.725. The Kier molecular flexibility index (Phi) is 9.75. The summed E-state index contributed by atoms with van der Waals surface area (Å²) in [6.45, 7) is 1.29. The highest BCUT2D eigenvalue weighted by molar-refractivity contribution is 14.0. The molecule has 6 heteroatoms. The van der Waals surface area contributed by atoms with Gasteiger partial charge in [0.25, 0.3) is 0 Å². The molecule has 0 aliphatic heterocycles. The summed E-state index contributed by atoms with van der Waals surface area (Å²) in [6, 6.07) is 17.9. The van der Waals surface area contributed by atoms with Crippen LogP contribution >= 0.6 is 35.6 Å². The van der Waals surface area contributed by atoms with E-state index >= 15 is 0 Å². The molecule has 0 aliphatic rings. The van der Waals surface area contributed by atoms with E-state index in [2.05, 4.69) is 27.8 Å². The van der Waals surface area contributed by atoms with Gasteiger partial charge in [0.2, 0.25) is 0 Å². The van der Waals surface area contributed by atoms with Crippen molar-refractivity contribution in [3.05, 3.63) is 70.7 Å². The van der Waals surface area contributed by atoms with E-state index in [1.807, 2.05) is 42.5 Å². The molecule has 2 rings (SSSR count). The van der Waals surface area contributed by atoms with Crippen LogP contribution in [0.4, 0.5) is 0 Å². The van der Waals surface area contributed by atoms with Crippen LogP contribution < -0.4 is 10.6 Å². The van der Waals surface area contributed by atoms with Gasteiger partial charge in [0, 0.05) is 32.3 Å². The van der Waals surface area contributed by atoms with Crippen LogP contribution in [-0.4, -0.2) is 26.7 Å². The third-order valence-corrected chi connectivity index (χ3v) is 3.72. The summed E-state index contributed by atoms with van der Waals surface area (Å²) < 4.78 is 5.55. The van der Waals surface area contributed by atoms with Crippen molar-refractivity contribution in [3.8, 4) is 0 Å². The largest absolute Gasteiger partial charge is 0.375 e. The molecule has 2 N–H and O–H groups in total. The lowest BCUT2D eigenvalue weighted by Crippen LogP contribution is -2.39. The fraction of sp³-hybridized carbons (Fsp3) is 0.278. The predicted octanol–water partition coefficient (Wildman–Crippen LogP) is 4.01. The molecule has 0 saturated carbocycles. The van der Waals surface area contributed by atoms with Gasteiger partial charge in [-0.1, -0.05) is 54.1 Å². The van der Waals surface area contributed by atoms with E-state index < -0.39 is 0 Å². The second-order valence-electron chi connectivity index (χ2n) is 5.07. The van der Waals surface area contributed by atoms with Crippen molar-refractivity contribution in [3.63, 3.8) is 0 Å². The molecule has 130 valence electrons. The van der Waals surface area contributed by atoms with Gasteiger partial charge >= 0.3 is 0 Å². The van der Waals surface area contributed by atoms with Gasteiger partial charge in [-0.3, -0.25) is 4.99 Å². The van der Waals surface area contributed by atoms with Crippen LogP contribution in [0.5, 0.6) is 0 Å². The quantitative estimate of drug-likeness (QED) is 0.390. The fourth-order valence-corrected chi connectivity index (χ4v) is 2.46.